The van der Waals surface area contributed by atoms with Crippen LogP contribution in [0.1, 0.15) is 42.1 Å². The number of cyclic esters (lactones) is 1. The van der Waals surface area contributed by atoms with Gasteiger partial charge in [-0.1, -0.05) is 18.2 Å². The lowest BCUT2D eigenvalue weighted by Gasteiger charge is -2.00. The molecule has 0 bridgehead atoms. The number of hydrogen-bond donors (Lipinski definition) is 0. The van der Waals surface area contributed by atoms with E-state index in [0.717, 1.165) is 5.56 Å². The number of allylic oxidation sites excluding steroid dienone is 1. The fourth-order valence-corrected chi connectivity index (χ4v) is 1.95. The van der Waals surface area contributed by atoms with Gasteiger partial charge in [-0.15, -0.1) is 0 Å². The van der Waals surface area contributed by atoms with E-state index >= 15 is 0 Å². The smallest absolute Gasteiger partial charge is 0.344 e. The first-order valence-corrected chi connectivity index (χ1v) is 6.39. The third-order valence-corrected chi connectivity index (χ3v) is 2.84. The monoisotopic (exact) mass is 260 g/mol. The zero-order chi connectivity index (χ0) is 13.7. The minimum atomic E-state index is -0.313. The second-order valence-electron chi connectivity index (χ2n) is 4.20. The van der Waals surface area contributed by atoms with Gasteiger partial charge in [0.15, 0.2) is 0 Å². The third-order valence-electron chi connectivity index (χ3n) is 2.84. The van der Waals surface area contributed by atoms with Gasteiger partial charge in [0, 0.05) is 12.0 Å². The van der Waals surface area contributed by atoms with E-state index in [1.54, 1.807) is 13.0 Å². The summed E-state index contributed by atoms with van der Waals surface area (Å²) in [6.07, 6.45) is 3.59. The number of hydrogen-bond acceptors (Lipinski definition) is 4. The largest absolute Gasteiger partial charge is 0.466 e. The van der Waals surface area contributed by atoms with Crippen molar-refractivity contribution in [2.45, 2.75) is 26.2 Å². The van der Waals surface area contributed by atoms with Crippen molar-refractivity contribution >= 4 is 17.7 Å². The van der Waals surface area contributed by atoms with E-state index in [2.05, 4.69) is 0 Å². The van der Waals surface area contributed by atoms with Gasteiger partial charge in [0.05, 0.1) is 12.2 Å². The van der Waals surface area contributed by atoms with Crippen LogP contribution in [0.3, 0.4) is 0 Å². The fourth-order valence-electron chi connectivity index (χ4n) is 1.95. The Balaban J connectivity index is 1.92. The van der Waals surface area contributed by atoms with Crippen molar-refractivity contribution in [2.75, 3.05) is 6.61 Å². The number of ether oxygens (including phenoxy) is 2. The van der Waals surface area contributed by atoms with Crippen LogP contribution in [0, 0.1) is 0 Å². The molecule has 0 radical (unpaired) electrons. The number of benzene rings is 1. The Kier molecular flexibility index (Phi) is 4.34. The van der Waals surface area contributed by atoms with E-state index in [9.17, 15) is 9.59 Å². The Morgan fingerprint density at radius 2 is 2.05 bits per heavy atom. The second kappa shape index (κ2) is 6.18. The van der Waals surface area contributed by atoms with Crippen LogP contribution in [-0.4, -0.2) is 18.5 Å². The van der Waals surface area contributed by atoms with Crippen LogP contribution in [-0.2, 0) is 14.3 Å². The lowest BCUT2D eigenvalue weighted by molar-refractivity contribution is -0.143. The molecule has 0 saturated carbocycles. The first-order valence-electron chi connectivity index (χ1n) is 6.39. The summed E-state index contributed by atoms with van der Waals surface area (Å²) in [5.41, 5.74) is 1.42. The molecule has 0 atom stereocenters. The minimum absolute atomic E-state index is 0.190. The van der Waals surface area contributed by atoms with Crippen LogP contribution in [0.4, 0.5) is 0 Å². The van der Waals surface area contributed by atoms with Crippen LogP contribution in [0.15, 0.2) is 30.3 Å². The quantitative estimate of drug-likeness (QED) is 0.603. The van der Waals surface area contributed by atoms with E-state index in [1.165, 1.54) is 0 Å². The highest BCUT2D eigenvalue weighted by molar-refractivity contribution is 6.02. The Morgan fingerprint density at radius 3 is 2.79 bits per heavy atom. The summed E-state index contributed by atoms with van der Waals surface area (Å²) in [5.74, 6) is 0.0846. The van der Waals surface area contributed by atoms with E-state index in [1.807, 2.05) is 24.3 Å². The molecular weight excluding hydrogens is 244 g/mol. The van der Waals surface area contributed by atoms with Crippen molar-refractivity contribution < 1.29 is 19.1 Å². The van der Waals surface area contributed by atoms with Crippen LogP contribution in [0.2, 0.25) is 0 Å². The summed E-state index contributed by atoms with van der Waals surface area (Å²) in [6.45, 7) is 2.19. The van der Waals surface area contributed by atoms with Gasteiger partial charge in [0.2, 0.25) is 0 Å². The number of carbonyl (C=O) groups excluding carboxylic acids is 2. The first kappa shape index (κ1) is 13.3. The molecule has 0 N–H and O–H groups in total. The van der Waals surface area contributed by atoms with Gasteiger partial charge in [0.25, 0.3) is 0 Å². The lowest BCUT2D eigenvalue weighted by Crippen LogP contribution is -2.02. The van der Waals surface area contributed by atoms with Gasteiger partial charge in [-0.3, -0.25) is 4.79 Å². The first-order chi connectivity index (χ1) is 9.22. The van der Waals surface area contributed by atoms with Crippen molar-refractivity contribution in [3.63, 3.8) is 0 Å². The molecule has 4 nitrogen and oxygen atoms in total. The molecule has 1 aliphatic rings. The molecule has 0 aromatic heterocycles. The molecule has 1 aliphatic heterocycles. The maximum atomic E-state index is 11.6. The van der Waals surface area contributed by atoms with Crippen molar-refractivity contribution in [3.8, 4) is 0 Å². The highest BCUT2D eigenvalue weighted by Crippen LogP contribution is 2.29. The van der Waals surface area contributed by atoms with Gasteiger partial charge in [0.1, 0.15) is 5.76 Å². The standard InChI is InChI=1S/C15H16O4/c1-2-18-14(16)10-6-5-9-13-11-7-3-4-8-12(11)15(17)19-13/h3-4,7-9H,2,5-6,10H2,1H3. The predicted molar refractivity (Wildman–Crippen MR) is 70.3 cm³/mol. The Hall–Kier alpha value is -2.10. The van der Waals surface area contributed by atoms with E-state index in [0.29, 0.717) is 37.2 Å². The number of unbranched alkanes of at least 4 members (excludes halogenated alkanes) is 1. The van der Waals surface area contributed by atoms with Crippen LogP contribution in [0.25, 0.3) is 5.76 Å². The molecule has 1 aromatic rings. The Bertz CT molecular complexity index is 517. The molecule has 1 heterocycles. The molecular formula is C15H16O4. The van der Waals surface area contributed by atoms with E-state index in [4.69, 9.17) is 9.47 Å². The van der Waals surface area contributed by atoms with Crippen LogP contribution < -0.4 is 0 Å². The normalized spacial score (nSPS) is 15.2. The maximum Gasteiger partial charge on any atom is 0.344 e. The van der Waals surface area contributed by atoms with Crippen LogP contribution >= 0.6 is 0 Å². The number of carbonyl (C=O) groups is 2. The maximum absolute atomic E-state index is 11.6. The molecule has 4 heteroatoms. The zero-order valence-electron chi connectivity index (χ0n) is 10.8. The fraction of sp³-hybridized carbons (Fsp3) is 0.333. The summed E-state index contributed by atoms with van der Waals surface area (Å²) in [5, 5.41) is 0. The highest BCUT2D eigenvalue weighted by atomic mass is 16.5. The Labute approximate surface area is 112 Å². The average Bonchev–Trinajstić information content (AvgIpc) is 2.73. The molecule has 0 amide bonds. The highest BCUT2D eigenvalue weighted by Gasteiger charge is 2.25. The lowest BCUT2D eigenvalue weighted by atomic mass is 10.1. The van der Waals surface area contributed by atoms with Crippen molar-refractivity contribution in [1.82, 2.24) is 0 Å². The molecule has 100 valence electrons. The SMILES string of the molecule is CCOC(=O)CCCC=C1OC(=O)c2ccccc21. The topological polar surface area (TPSA) is 52.6 Å². The predicted octanol–water partition coefficient (Wildman–Crippen LogP) is 2.93. The van der Waals surface area contributed by atoms with Gasteiger partial charge in [-0.2, -0.15) is 0 Å². The number of fused-ring (bicyclic) bond motifs is 1. The average molecular weight is 260 g/mol. The summed E-state index contributed by atoms with van der Waals surface area (Å²) < 4.78 is 10.0. The summed E-state index contributed by atoms with van der Waals surface area (Å²) in [7, 11) is 0. The molecule has 0 saturated heterocycles. The van der Waals surface area contributed by atoms with Gasteiger partial charge in [-0.25, -0.2) is 4.79 Å². The van der Waals surface area contributed by atoms with Crippen molar-refractivity contribution in [2.24, 2.45) is 0 Å². The van der Waals surface area contributed by atoms with Crippen molar-refractivity contribution in [3.05, 3.63) is 41.5 Å². The number of rotatable bonds is 5. The third kappa shape index (κ3) is 3.22. The summed E-state index contributed by atoms with van der Waals surface area (Å²) in [6, 6.07) is 7.28. The molecule has 1 aromatic carbocycles. The molecule has 0 fully saturated rings. The van der Waals surface area contributed by atoms with E-state index < -0.39 is 0 Å². The molecule has 0 aliphatic carbocycles. The molecule has 0 spiro atoms. The summed E-state index contributed by atoms with van der Waals surface area (Å²) in [4.78, 5) is 22.7. The number of esters is 2. The Morgan fingerprint density at radius 1 is 1.32 bits per heavy atom. The van der Waals surface area contributed by atoms with E-state index in [-0.39, 0.29) is 11.9 Å². The van der Waals surface area contributed by atoms with Gasteiger partial charge in [-0.05, 0) is 31.9 Å². The summed E-state index contributed by atoms with van der Waals surface area (Å²) >= 11 is 0. The molecule has 0 unspecified atom stereocenters. The minimum Gasteiger partial charge on any atom is -0.466 e. The van der Waals surface area contributed by atoms with Gasteiger partial charge < -0.3 is 9.47 Å². The molecule has 2 rings (SSSR count). The van der Waals surface area contributed by atoms with Crippen LogP contribution in [0.5, 0.6) is 0 Å². The molecule has 19 heavy (non-hydrogen) atoms. The second-order valence-corrected chi connectivity index (χ2v) is 4.20. The van der Waals surface area contributed by atoms with Crippen molar-refractivity contribution in [1.29, 1.82) is 0 Å². The van der Waals surface area contributed by atoms with Gasteiger partial charge >= 0.3 is 11.9 Å². The zero-order valence-corrected chi connectivity index (χ0v) is 10.8.